The van der Waals surface area contributed by atoms with E-state index in [2.05, 4.69) is 10.6 Å². The molecule has 1 heterocycles. The van der Waals surface area contributed by atoms with E-state index in [-0.39, 0.29) is 5.91 Å². The molecule has 0 spiro atoms. The number of amides is 3. The third kappa shape index (κ3) is 6.61. The first-order chi connectivity index (χ1) is 17.0. The Hall–Kier alpha value is -3.84. The monoisotopic (exact) mass is 491 g/mol. The zero-order valence-electron chi connectivity index (χ0n) is 19.1. The molecule has 1 aliphatic rings. The normalized spacial score (nSPS) is 14.5. The lowest BCUT2D eigenvalue weighted by Crippen LogP contribution is -2.30. The zero-order valence-corrected chi connectivity index (χ0v) is 19.8. The number of rotatable bonds is 6. The van der Waals surface area contributed by atoms with Gasteiger partial charge in [-0.1, -0.05) is 48.4 Å². The standard InChI is InChI=1S/C27H26ClN3O4/c28-20-10-12-22(13-11-20)30-27(34)35-25(19-7-3-1-4-8-19)26(33)29-21-14-16-23(17-15-21)31-18-6-2-5-9-24(31)32/h1,3-4,7-8,10-17,25H,2,5-6,9,18H2,(H,29,33)(H,30,34)/t25-/m1/s1. The van der Waals surface area contributed by atoms with Crippen LogP contribution in [0, 0.1) is 0 Å². The predicted octanol–water partition coefficient (Wildman–Crippen LogP) is 6.18. The van der Waals surface area contributed by atoms with E-state index in [0.29, 0.717) is 34.9 Å². The summed E-state index contributed by atoms with van der Waals surface area (Å²) >= 11 is 5.88. The number of hydrogen-bond acceptors (Lipinski definition) is 4. The maximum Gasteiger partial charge on any atom is 0.412 e. The molecule has 1 saturated heterocycles. The third-order valence-corrected chi connectivity index (χ3v) is 5.93. The molecule has 0 radical (unpaired) electrons. The van der Waals surface area contributed by atoms with E-state index in [1.54, 1.807) is 65.6 Å². The summed E-state index contributed by atoms with van der Waals surface area (Å²) in [6.07, 6.45) is 1.53. The molecule has 1 fully saturated rings. The summed E-state index contributed by atoms with van der Waals surface area (Å²) in [5.41, 5.74) is 2.35. The molecule has 0 saturated carbocycles. The maximum absolute atomic E-state index is 13.1. The molecular weight excluding hydrogens is 466 g/mol. The van der Waals surface area contributed by atoms with Crippen LogP contribution in [0.2, 0.25) is 5.02 Å². The molecule has 180 valence electrons. The number of benzene rings is 3. The Kier molecular flexibility index (Phi) is 8.00. The summed E-state index contributed by atoms with van der Waals surface area (Å²) in [5.74, 6) is -0.385. The van der Waals surface area contributed by atoms with Crippen molar-refractivity contribution in [1.29, 1.82) is 0 Å². The highest BCUT2D eigenvalue weighted by atomic mass is 35.5. The lowest BCUT2D eigenvalue weighted by atomic mass is 10.1. The fraction of sp³-hybridized carbons (Fsp3) is 0.222. The Balaban J connectivity index is 1.45. The van der Waals surface area contributed by atoms with Crippen molar-refractivity contribution in [3.8, 4) is 0 Å². The minimum atomic E-state index is -1.17. The molecular formula is C27H26ClN3O4. The van der Waals surface area contributed by atoms with Gasteiger partial charge in [-0.2, -0.15) is 0 Å². The molecule has 2 N–H and O–H groups in total. The number of ether oxygens (including phenoxy) is 1. The van der Waals surface area contributed by atoms with Gasteiger partial charge in [0.1, 0.15) is 0 Å². The maximum atomic E-state index is 13.1. The Morgan fingerprint density at radius 2 is 1.49 bits per heavy atom. The van der Waals surface area contributed by atoms with E-state index < -0.39 is 18.1 Å². The second-order valence-corrected chi connectivity index (χ2v) is 8.66. The molecule has 3 aromatic rings. The van der Waals surface area contributed by atoms with Gasteiger partial charge in [0.05, 0.1) is 0 Å². The van der Waals surface area contributed by atoms with Gasteiger partial charge in [-0.05, 0) is 61.4 Å². The SMILES string of the molecule is O=C(Nc1ccc(Cl)cc1)O[C@@H](C(=O)Nc1ccc(N2CCCCCC2=O)cc1)c1ccccc1. The highest BCUT2D eigenvalue weighted by molar-refractivity contribution is 6.30. The van der Waals surface area contributed by atoms with E-state index in [1.165, 1.54) is 0 Å². The molecule has 8 heteroatoms. The van der Waals surface area contributed by atoms with Crippen molar-refractivity contribution in [1.82, 2.24) is 0 Å². The topological polar surface area (TPSA) is 87.7 Å². The molecule has 35 heavy (non-hydrogen) atoms. The Bertz CT molecular complexity index is 1170. The van der Waals surface area contributed by atoms with Gasteiger partial charge in [-0.15, -0.1) is 0 Å². The first-order valence-electron chi connectivity index (χ1n) is 11.5. The van der Waals surface area contributed by atoms with E-state index in [0.717, 1.165) is 24.9 Å². The number of hydrogen-bond donors (Lipinski definition) is 2. The highest BCUT2D eigenvalue weighted by Gasteiger charge is 2.25. The van der Waals surface area contributed by atoms with Crippen LogP contribution >= 0.6 is 11.6 Å². The van der Waals surface area contributed by atoms with Crippen LogP contribution < -0.4 is 15.5 Å². The van der Waals surface area contributed by atoms with E-state index in [4.69, 9.17) is 16.3 Å². The van der Waals surface area contributed by atoms with Gasteiger partial charge >= 0.3 is 6.09 Å². The van der Waals surface area contributed by atoms with Gasteiger partial charge < -0.3 is 15.0 Å². The van der Waals surface area contributed by atoms with Crippen molar-refractivity contribution in [3.63, 3.8) is 0 Å². The van der Waals surface area contributed by atoms with Gasteiger partial charge in [-0.25, -0.2) is 4.79 Å². The summed E-state index contributed by atoms with van der Waals surface area (Å²) in [6.45, 7) is 0.692. The summed E-state index contributed by atoms with van der Waals surface area (Å²) in [5, 5.41) is 5.95. The van der Waals surface area contributed by atoms with E-state index >= 15 is 0 Å². The lowest BCUT2D eigenvalue weighted by Gasteiger charge is -2.21. The number of carbonyl (C=O) groups excluding carboxylic acids is 3. The number of halogens is 1. The van der Waals surface area contributed by atoms with Gasteiger partial charge in [0.25, 0.3) is 5.91 Å². The quantitative estimate of drug-likeness (QED) is 0.431. The molecule has 1 aliphatic heterocycles. The van der Waals surface area contributed by atoms with Crippen LogP contribution in [0.3, 0.4) is 0 Å². The fourth-order valence-corrected chi connectivity index (χ4v) is 4.00. The number of nitrogens with one attached hydrogen (secondary N) is 2. The van der Waals surface area contributed by atoms with Crippen molar-refractivity contribution < 1.29 is 19.1 Å². The van der Waals surface area contributed by atoms with Gasteiger partial charge in [0.2, 0.25) is 12.0 Å². The zero-order chi connectivity index (χ0) is 24.6. The average Bonchev–Trinajstić information content (AvgIpc) is 3.09. The largest absolute Gasteiger partial charge is 0.431 e. The Morgan fingerprint density at radius 3 is 2.20 bits per heavy atom. The second-order valence-electron chi connectivity index (χ2n) is 8.22. The molecule has 3 amide bonds. The highest BCUT2D eigenvalue weighted by Crippen LogP contribution is 2.25. The number of carbonyl (C=O) groups is 3. The molecule has 0 aromatic heterocycles. The minimum absolute atomic E-state index is 0.114. The van der Waals surface area contributed by atoms with Gasteiger partial charge in [0, 0.05) is 40.6 Å². The van der Waals surface area contributed by atoms with Crippen LogP contribution in [0.15, 0.2) is 78.9 Å². The van der Waals surface area contributed by atoms with Crippen LogP contribution in [0.1, 0.15) is 37.4 Å². The van der Waals surface area contributed by atoms with Crippen molar-refractivity contribution in [2.45, 2.75) is 31.8 Å². The van der Waals surface area contributed by atoms with Gasteiger partial charge in [-0.3, -0.25) is 14.9 Å². The van der Waals surface area contributed by atoms with Gasteiger partial charge in [0.15, 0.2) is 0 Å². The minimum Gasteiger partial charge on any atom is -0.431 e. The van der Waals surface area contributed by atoms with E-state index in [9.17, 15) is 14.4 Å². The molecule has 3 aromatic carbocycles. The predicted molar refractivity (Wildman–Crippen MR) is 137 cm³/mol. The van der Waals surface area contributed by atoms with Crippen LogP contribution in [0.5, 0.6) is 0 Å². The summed E-state index contributed by atoms with van der Waals surface area (Å²) < 4.78 is 5.50. The molecule has 1 atom stereocenters. The van der Waals surface area contributed by atoms with Crippen LogP contribution in [-0.2, 0) is 14.3 Å². The van der Waals surface area contributed by atoms with Crippen LogP contribution in [0.4, 0.5) is 21.9 Å². The molecule has 0 bridgehead atoms. The molecule has 0 aliphatic carbocycles. The van der Waals surface area contributed by atoms with E-state index in [1.807, 2.05) is 18.2 Å². The summed E-state index contributed by atoms with van der Waals surface area (Å²) in [6, 6.07) is 22.4. The molecule has 0 unspecified atom stereocenters. The first kappa shape index (κ1) is 24.3. The summed E-state index contributed by atoms with van der Waals surface area (Å²) in [4.78, 5) is 39.8. The molecule has 7 nitrogen and oxygen atoms in total. The molecule has 4 rings (SSSR count). The number of anilines is 3. The smallest absolute Gasteiger partial charge is 0.412 e. The fourth-order valence-electron chi connectivity index (χ4n) is 3.88. The summed E-state index contributed by atoms with van der Waals surface area (Å²) in [7, 11) is 0. The van der Waals surface area contributed by atoms with Crippen LogP contribution in [-0.4, -0.2) is 24.5 Å². The van der Waals surface area contributed by atoms with Crippen molar-refractivity contribution in [2.75, 3.05) is 22.1 Å². The first-order valence-corrected chi connectivity index (χ1v) is 11.9. The van der Waals surface area contributed by atoms with Crippen LogP contribution in [0.25, 0.3) is 0 Å². The second kappa shape index (κ2) is 11.5. The van der Waals surface area contributed by atoms with Crippen molar-refractivity contribution in [3.05, 3.63) is 89.4 Å². The number of nitrogens with zero attached hydrogens (tertiary/aromatic N) is 1. The Morgan fingerprint density at radius 1 is 0.829 bits per heavy atom. The third-order valence-electron chi connectivity index (χ3n) is 5.68. The lowest BCUT2D eigenvalue weighted by molar-refractivity contribution is -0.124. The van der Waals surface area contributed by atoms with Crippen molar-refractivity contribution in [2.24, 2.45) is 0 Å². The van der Waals surface area contributed by atoms with Crippen molar-refractivity contribution >= 4 is 46.6 Å². The average molecular weight is 492 g/mol. The Labute approximate surface area is 209 Å².